The zero-order valence-electron chi connectivity index (χ0n) is 11.2. The molecule has 1 aromatic heterocycles. The second-order valence-corrected chi connectivity index (χ2v) is 4.47. The largest absolute Gasteiger partial charge is 0.387 e. The van der Waals surface area contributed by atoms with Crippen LogP contribution in [0.25, 0.3) is 11.5 Å². The van der Waals surface area contributed by atoms with Crippen LogP contribution in [-0.2, 0) is 6.42 Å². The Balaban J connectivity index is 1.87. The van der Waals surface area contributed by atoms with Crippen LogP contribution in [0.3, 0.4) is 0 Å². The second-order valence-electron chi connectivity index (χ2n) is 4.47. The van der Waals surface area contributed by atoms with E-state index in [1.54, 1.807) is 0 Å². The molecule has 100 valence electrons. The Kier molecular flexibility index (Phi) is 3.46. The van der Waals surface area contributed by atoms with Crippen LogP contribution < -0.4 is 5.32 Å². The van der Waals surface area contributed by atoms with Crippen molar-refractivity contribution in [2.24, 2.45) is 0 Å². The highest BCUT2D eigenvalue weighted by Crippen LogP contribution is 2.26. The van der Waals surface area contributed by atoms with Crippen molar-refractivity contribution >= 4 is 5.69 Å². The monoisotopic (exact) mass is 265 g/mol. The van der Waals surface area contributed by atoms with Crippen LogP contribution in [0.15, 0.2) is 59.1 Å². The van der Waals surface area contributed by atoms with Crippen molar-refractivity contribution < 1.29 is 4.52 Å². The Hall–Kier alpha value is -2.62. The summed E-state index contributed by atoms with van der Waals surface area (Å²) in [6.07, 6.45) is 0.673. The molecule has 0 bridgehead atoms. The van der Waals surface area contributed by atoms with E-state index in [9.17, 15) is 0 Å². The molecule has 0 saturated heterocycles. The average Bonchev–Trinajstić information content (AvgIpc) is 2.96. The first-order valence-electron chi connectivity index (χ1n) is 6.50. The van der Waals surface area contributed by atoms with Crippen LogP contribution in [-0.4, -0.2) is 17.2 Å². The molecule has 4 heteroatoms. The molecular weight excluding hydrogens is 250 g/mol. The molecule has 1 N–H and O–H groups in total. The fraction of sp³-hybridized carbons (Fsp3) is 0.125. The molecule has 20 heavy (non-hydrogen) atoms. The van der Waals surface area contributed by atoms with Gasteiger partial charge in [-0.25, -0.2) is 0 Å². The third kappa shape index (κ3) is 2.54. The number of hydrogen-bond acceptors (Lipinski definition) is 4. The predicted octanol–water partition coefficient (Wildman–Crippen LogP) is 3.37. The van der Waals surface area contributed by atoms with Gasteiger partial charge >= 0.3 is 0 Å². The predicted molar refractivity (Wildman–Crippen MR) is 78.5 cm³/mol. The maximum atomic E-state index is 5.36. The normalized spacial score (nSPS) is 10.4. The van der Waals surface area contributed by atoms with Gasteiger partial charge in [-0.05, 0) is 17.7 Å². The topological polar surface area (TPSA) is 51.0 Å². The summed E-state index contributed by atoms with van der Waals surface area (Å²) in [6.45, 7) is 0. The summed E-state index contributed by atoms with van der Waals surface area (Å²) in [5, 5.41) is 7.17. The highest BCUT2D eigenvalue weighted by molar-refractivity contribution is 5.72. The first-order valence-corrected chi connectivity index (χ1v) is 6.50. The molecule has 3 aromatic rings. The van der Waals surface area contributed by atoms with E-state index >= 15 is 0 Å². The summed E-state index contributed by atoms with van der Waals surface area (Å²) >= 11 is 0. The van der Waals surface area contributed by atoms with Gasteiger partial charge in [0, 0.05) is 19.2 Å². The molecule has 0 saturated carbocycles. The average molecular weight is 265 g/mol. The number of nitrogens with one attached hydrogen (secondary N) is 1. The van der Waals surface area contributed by atoms with Crippen LogP contribution >= 0.6 is 0 Å². The molecule has 0 aliphatic carbocycles. The van der Waals surface area contributed by atoms with Crippen molar-refractivity contribution in [1.82, 2.24) is 10.1 Å². The van der Waals surface area contributed by atoms with E-state index in [-0.39, 0.29) is 0 Å². The van der Waals surface area contributed by atoms with Gasteiger partial charge in [0.2, 0.25) is 0 Å². The SMILES string of the molecule is CNc1ccccc1-c1nc(Cc2ccccc2)no1. The highest BCUT2D eigenvalue weighted by atomic mass is 16.5. The van der Waals surface area contributed by atoms with Gasteiger partial charge in [0.25, 0.3) is 5.89 Å². The third-order valence-corrected chi connectivity index (χ3v) is 3.10. The summed E-state index contributed by atoms with van der Waals surface area (Å²) in [5.74, 6) is 1.23. The Morgan fingerprint density at radius 1 is 1.00 bits per heavy atom. The minimum atomic E-state index is 0.542. The van der Waals surface area contributed by atoms with E-state index in [0.29, 0.717) is 18.1 Å². The molecule has 0 atom stereocenters. The summed E-state index contributed by atoms with van der Waals surface area (Å²) in [5.41, 5.74) is 3.06. The highest BCUT2D eigenvalue weighted by Gasteiger charge is 2.12. The number of hydrogen-bond donors (Lipinski definition) is 1. The summed E-state index contributed by atoms with van der Waals surface area (Å²) in [4.78, 5) is 4.47. The molecule has 0 unspecified atom stereocenters. The molecule has 0 aliphatic heterocycles. The smallest absolute Gasteiger partial charge is 0.260 e. The van der Waals surface area contributed by atoms with Crippen molar-refractivity contribution in [1.29, 1.82) is 0 Å². The lowest BCUT2D eigenvalue weighted by Gasteiger charge is -2.03. The molecule has 0 radical (unpaired) electrons. The zero-order chi connectivity index (χ0) is 13.8. The molecular formula is C16H15N3O. The first-order chi connectivity index (χ1) is 9.86. The Bertz CT molecular complexity index is 692. The van der Waals surface area contributed by atoms with Crippen LogP contribution in [0.4, 0.5) is 5.69 Å². The third-order valence-electron chi connectivity index (χ3n) is 3.10. The van der Waals surface area contributed by atoms with E-state index in [0.717, 1.165) is 11.3 Å². The van der Waals surface area contributed by atoms with Crippen LogP contribution in [0.1, 0.15) is 11.4 Å². The van der Waals surface area contributed by atoms with Gasteiger partial charge in [-0.1, -0.05) is 47.6 Å². The zero-order valence-corrected chi connectivity index (χ0v) is 11.2. The fourth-order valence-electron chi connectivity index (χ4n) is 2.10. The molecule has 0 amide bonds. The Morgan fingerprint density at radius 2 is 1.75 bits per heavy atom. The van der Waals surface area contributed by atoms with E-state index < -0.39 is 0 Å². The Labute approximate surface area is 117 Å². The van der Waals surface area contributed by atoms with Gasteiger partial charge in [0.05, 0.1) is 5.56 Å². The quantitative estimate of drug-likeness (QED) is 0.785. The van der Waals surface area contributed by atoms with Gasteiger partial charge in [-0.3, -0.25) is 0 Å². The molecule has 0 aliphatic rings. The minimum Gasteiger partial charge on any atom is -0.387 e. The molecule has 2 aromatic carbocycles. The van der Waals surface area contributed by atoms with Gasteiger partial charge in [-0.15, -0.1) is 0 Å². The van der Waals surface area contributed by atoms with E-state index in [4.69, 9.17) is 4.52 Å². The number of nitrogens with zero attached hydrogens (tertiary/aromatic N) is 2. The minimum absolute atomic E-state index is 0.542. The van der Waals surface area contributed by atoms with Gasteiger partial charge in [0.1, 0.15) is 0 Å². The van der Waals surface area contributed by atoms with Crippen LogP contribution in [0, 0.1) is 0 Å². The van der Waals surface area contributed by atoms with Gasteiger partial charge in [0.15, 0.2) is 5.82 Å². The number of aromatic nitrogens is 2. The molecule has 0 fully saturated rings. The fourth-order valence-corrected chi connectivity index (χ4v) is 2.10. The molecule has 1 heterocycles. The number of para-hydroxylation sites is 1. The van der Waals surface area contributed by atoms with E-state index in [2.05, 4.69) is 27.6 Å². The lowest BCUT2D eigenvalue weighted by Crippen LogP contribution is -1.92. The maximum absolute atomic E-state index is 5.36. The number of anilines is 1. The second kappa shape index (κ2) is 5.57. The lowest BCUT2D eigenvalue weighted by molar-refractivity contribution is 0.424. The van der Waals surface area contributed by atoms with Crippen molar-refractivity contribution in [2.45, 2.75) is 6.42 Å². The Morgan fingerprint density at radius 3 is 2.55 bits per heavy atom. The van der Waals surface area contributed by atoms with Crippen molar-refractivity contribution in [3.05, 3.63) is 66.0 Å². The summed E-state index contributed by atoms with van der Waals surface area (Å²) in [7, 11) is 1.88. The maximum Gasteiger partial charge on any atom is 0.260 e. The van der Waals surface area contributed by atoms with Gasteiger partial charge in [-0.2, -0.15) is 4.98 Å². The van der Waals surface area contributed by atoms with Crippen LogP contribution in [0.5, 0.6) is 0 Å². The first kappa shape index (κ1) is 12.4. The van der Waals surface area contributed by atoms with Crippen LogP contribution in [0.2, 0.25) is 0 Å². The lowest BCUT2D eigenvalue weighted by atomic mass is 10.1. The number of rotatable bonds is 4. The standard InChI is InChI=1S/C16H15N3O/c1-17-14-10-6-5-9-13(14)16-18-15(19-20-16)11-12-7-3-2-4-8-12/h2-10,17H,11H2,1H3. The van der Waals surface area contributed by atoms with Gasteiger partial charge < -0.3 is 9.84 Å². The van der Waals surface area contributed by atoms with Crippen molar-refractivity contribution in [2.75, 3.05) is 12.4 Å². The number of benzene rings is 2. The van der Waals surface area contributed by atoms with Crippen molar-refractivity contribution in [3.63, 3.8) is 0 Å². The molecule has 0 spiro atoms. The summed E-state index contributed by atoms with van der Waals surface area (Å²) in [6, 6.07) is 18.0. The summed E-state index contributed by atoms with van der Waals surface area (Å²) < 4.78 is 5.36. The molecule has 4 nitrogen and oxygen atoms in total. The van der Waals surface area contributed by atoms with Crippen molar-refractivity contribution in [3.8, 4) is 11.5 Å². The van der Waals surface area contributed by atoms with E-state index in [1.807, 2.05) is 49.5 Å². The molecule has 3 rings (SSSR count). The van der Waals surface area contributed by atoms with E-state index in [1.165, 1.54) is 5.56 Å².